The van der Waals surface area contributed by atoms with E-state index in [0.717, 1.165) is 11.1 Å². The summed E-state index contributed by atoms with van der Waals surface area (Å²) < 4.78 is 5.95. The molecule has 0 saturated heterocycles. The maximum atomic E-state index is 11.8. The van der Waals surface area contributed by atoms with E-state index in [1.54, 1.807) is 12.3 Å². The summed E-state index contributed by atoms with van der Waals surface area (Å²) in [5, 5.41) is 18.7. The van der Waals surface area contributed by atoms with E-state index in [1.165, 1.54) is 0 Å². The van der Waals surface area contributed by atoms with Crippen molar-refractivity contribution >= 4 is 11.7 Å². The van der Waals surface area contributed by atoms with Crippen molar-refractivity contribution in [1.29, 1.82) is 5.26 Å². The number of amides is 1. The molecule has 0 radical (unpaired) electrons. The quantitative estimate of drug-likeness (QED) is 0.760. The van der Waals surface area contributed by atoms with Gasteiger partial charge in [-0.15, -0.1) is 0 Å². The minimum absolute atomic E-state index is 0.0814. The van der Waals surface area contributed by atoms with Gasteiger partial charge in [0.25, 0.3) is 0 Å². The molecular formula is C17H12N4O2. The molecule has 1 aromatic carbocycles. The number of rotatable bonds is 2. The number of anilines is 1. The fraction of sp³-hybridized carbons (Fsp3) is 0.118. The molecule has 6 heteroatoms. The summed E-state index contributed by atoms with van der Waals surface area (Å²) in [6.45, 7) is 0. The molecule has 0 bridgehead atoms. The maximum Gasteiger partial charge on any atom is 0.226 e. The number of nitrogens with zero attached hydrogens (tertiary/aromatic N) is 2. The highest BCUT2D eigenvalue weighted by Crippen LogP contribution is 2.38. The molecule has 6 nitrogen and oxygen atoms in total. The zero-order valence-corrected chi connectivity index (χ0v) is 12.0. The van der Waals surface area contributed by atoms with Crippen molar-refractivity contribution in [3.63, 3.8) is 0 Å². The second-order valence-electron chi connectivity index (χ2n) is 5.36. The Hall–Kier alpha value is -3.33. The number of hydrogen-bond acceptors (Lipinski definition) is 4. The zero-order valence-electron chi connectivity index (χ0n) is 12.0. The van der Waals surface area contributed by atoms with E-state index < -0.39 is 0 Å². The van der Waals surface area contributed by atoms with Crippen LogP contribution in [0.3, 0.4) is 0 Å². The number of carbonyl (C=O) groups is 1. The average molecular weight is 304 g/mol. The minimum atomic E-state index is -0.180. The predicted molar refractivity (Wildman–Crippen MR) is 82.5 cm³/mol. The number of aromatic nitrogens is 2. The molecule has 1 amide bonds. The molecule has 2 aromatic heterocycles. The first kappa shape index (κ1) is 13.3. The van der Waals surface area contributed by atoms with Crippen LogP contribution in [0.25, 0.3) is 11.3 Å². The Kier molecular flexibility index (Phi) is 2.98. The largest absolute Gasteiger partial charge is 0.460 e. The van der Waals surface area contributed by atoms with Crippen LogP contribution < -0.4 is 5.32 Å². The molecule has 0 saturated carbocycles. The van der Waals surface area contributed by atoms with Gasteiger partial charge < -0.3 is 9.73 Å². The van der Waals surface area contributed by atoms with E-state index in [1.807, 2.05) is 30.3 Å². The van der Waals surface area contributed by atoms with Crippen LogP contribution >= 0.6 is 0 Å². The Labute approximate surface area is 131 Å². The third kappa shape index (κ3) is 2.19. The first-order chi connectivity index (χ1) is 11.3. The van der Waals surface area contributed by atoms with Crippen LogP contribution in [-0.2, 0) is 4.79 Å². The van der Waals surface area contributed by atoms with Crippen LogP contribution in [0.15, 0.2) is 47.0 Å². The number of nitrogens with one attached hydrogen (secondary N) is 2. The molecule has 0 fully saturated rings. The Morgan fingerprint density at radius 2 is 2.13 bits per heavy atom. The standard InChI is InChI=1S/C17H12N4O2/c18-8-10-3-1-2-4-11(10)14-5-6-15(23-14)12-7-16(22)20-17-13(12)9-19-21-17/h1-6,9,12H,7H2,(H2,19,20,21,22). The lowest BCUT2D eigenvalue weighted by molar-refractivity contribution is -0.116. The summed E-state index contributed by atoms with van der Waals surface area (Å²) in [6.07, 6.45) is 2.00. The second kappa shape index (κ2) is 5.14. The number of hydrogen-bond donors (Lipinski definition) is 2. The number of H-pyrrole nitrogens is 1. The van der Waals surface area contributed by atoms with Crippen LogP contribution in [0.1, 0.15) is 29.2 Å². The summed E-state index contributed by atoms with van der Waals surface area (Å²) in [6, 6.07) is 13.1. The van der Waals surface area contributed by atoms with Gasteiger partial charge in [-0.1, -0.05) is 12.1 Å². The molecule has 1 aliphatic rings. The van der Waals surface area contributed by atoms with Gasteiger partial charge in [0, 0.05) is 17.5 Å². The molecule has 2 N–H and O–H groups in total. The third-order valence-corrected chi connectivity index (χ3v) is 3.98. The highest BCUT2D eigenvalue weighted by Gasteiger charge is 2.30. The van der Waals surface area contributed by atoms with Crippen molar-refractivity contribution in [2.45, 2.75) is 12.3 Å². The van der Waals surface area contributed by atoms with Crippen molar-refractivity contribution in [2.24, 2.45) is 0 Å². The van der Waals surface area contributed by atoms with Crippen molar-refractivity contribution in [3.05, 3.63) is 59.5 Å². The number of furan rings is 1. The van der Waals surface area contributed by atoms with Gasteiger partial charge in [-0.05, 0) is 24.3 Å². The third-order valence-electron chi connectivity index (χ3n) is 3.98. The van der Waals surface area contributed by atoms with Gasteiger partial charge in [0.05, 0.1) is 23.7 Å². The lowest BCUT2D eigenvalue weighted by atomic mass is 9.92. The Balaban J connectivity index is 1.75. The van der Waals surface area contributed by atoms with Crippen LogP contribution in [0.5, 0.6) is 0 Å². The molecule has 0 aliphatic carbocycles. The Bertz CT molecular complexity index is 932. The maximum absolute atomic E-state index is 11.8. The fourth-order valence-corrected chi connectivity index (χ4v) is 2.88. The monoisotopic (exact) mass is 304 g/mol. The lowest BCUT2D eigenvalue weighted by Crippen LogP contribution is -2.22. The molecule has 3 heterocycles. The van der Waals surface area contributed by atoms with Crippen LogP contribution in [0.4, 0.5) is 5.82 Å². The molecule has 4 rings (SSSR count). The Morgan fingerprint density at radius 1 is 1.26 bits per heavy atom. The Morgan fingerprint density at radius 3 is 3.00 bits per heavy atom. The molecule has 1 aliphatic heterocycles. The summed E-state index contributed by atoms with van der Waals surface area (Å²) in [5.41, 5.74) is 2.20. The molecular weight excluding hydrogens is 292 g/mol. The molecule has 3 aromatic rings. The molecule has 23 heavy (non-hydrogen) atoms. The summed E-state index contributed by atoms with van der Waals surface area (Å²) in [7, 11) is 0. The van der Waals surface area contributed by atoms with Crippen LogP contribution in [0, 0.1) is 11.3 Å². The van der Waals surface area contributed by atoms with E-state index in [2.05, 4.69) is 21.6 Å². The van der Waals surface area contributed by atoms with Crippen molar-refractivity contribution in [3.8, 4) is 17.4 Å². The first-order valence-electron chi connectivity index (χ1n) is 7.18. The van der Waals surface area contributed by atoms with E-state index in [0.29, 0.717) is 29.3 Å². The first-order valence-corrected chi connectivity index (χ1v) is 7.18. The number of nitriles is 1. The van der Waals surface area contributed by atoms with Crippen molar-refractivity contribution in [1.82, 2.24) is 10.2 Å². The normalized spacial score (nSPS) is 16.5. The zero-order chi connectivity index (χ0) is 15.8. The van der Waals surface area contributed by atoms with Gasteiger partial charge >= 0.3 is 0 Å². The van der Waals surface area contributed by atoms with Crippen LogP contribution in [-0.4, -0.2) is 16.1 Å². The number of fused-ring (bicyclic) bond motifs is 1. The van der Waals surface area contributed by atoms with Gasteiger partial charge in [-0.25, -0.2) is 0 Å². The van der Waals surface area contributed by atoms with E-state index in [9.17, 15) is 10.1 Å². The summed E-state index contributed by atoms with van der Waals surface area (Å²) >= 11 is 0. The van der Waals surface area contributed by atoms with Crippen LogP contribution in [0.2, 0.25) is 0 Å². The van der Waals surface area contributed by atoms with Gasteiger partial charge in [0.2, 0.25) is 5.91 Å². The average Bonchev–Trinajstić information content (AvgIpc) is 3.23. The van der Waals surface area contributed by atoms with Gasteiger partial charge in [0.15, 0.2) is 0 Å². The summed E-state index contributed by atoms with van der Waals surface area (Å²) in [4.78, 5) is 11.8. The smallest absolute Gasteiger partial charge is 0.226 e. The SMILES string of the molecule is N#Cc1ccccc1-c1ccc(C2CC(=O)Nc3[nH]ncc32)o1. The number of carbonyl (C=O) groups excluding carboxylic acids is 1. The topological polar surface area (TPSA) is 94.7 Å². The second-order valence-corrected chi connectivity index (χ2v) is 5.36. The van der Waals surface area contributed by atoms with Crippen molar-refractivity contribution < 1.29 is 9.21 Å². The van der Waals surface area contributed by atoms with E-state index >= 15 is 0 Å². The van der Waals surface area contributed by atoms with Gasteiger partial charge in [0.1, 0.15) is 17.3 Å². The molecule has 1 atom stereocenters. The molecule has 112 valence electrons. The van der Waals surface area contributed by atoms with E-state index in [4.69, 9.17) is 4.42 Å². The van der Waals surface area contributed by atoms with Gasteiger partial charge in [-0.2, -0.15) is 10.4 Å². The van der Waals surface area contributed by atoms with Crippen molar-refractivity contribution in [2.75, 3.05) is 5.32 Å². The minimum Gasteiger partial charge on any atom is -0.460 e. The predicted octanol–water partition coefficient (Wildman–Crippen LogP) is 3.02. The van der Waals surface area contributed by atoms with E-state index in [-0.39, 0.29) is 11.8 Å². The fourth-order valence-electron chi connectivity index (χ4n) is 2.88. The number of aromatic amines is 1. The summed E-state index contributed by atoms with van der Waals surface area (Å²) in [5.74, 6) is 1.66. The van der Waals surface area contributed by atoms with Gasteiger partial charge in [-0.3, -0.25) is 9.89 Å². The lowest BCUT2D eigenvalue weighted by Gasteiger charge is -2.19. The molecule has 0 spiro atoms. The highest BCUT2D eigenvalue weighted by atomic mass is 16.3. The number of benzene rings is 1. The highest BCUT2D eigenvalue weighted by molar-refractivity contribution is 5.94. The molecule has 1 unspecified atom stereocenters.